The van der Waals surface area contributed by atoms with Crippen LogP contribution in [0, 0.1) is 0 Å². The number of amides is 2. The van der Waals surface area contributed by atoms with Crippen LogP contribution in [0.3, 0.4) is 0 Å². The van der Waals surface area contributed by atoms with E-state index in [1.807, 2.05) is 0 Å². The first kappa shape index (κ1) is 16.4. The number of aromatic nitrogens is 1. The van der Waals surface area contributed by atoms with Gasteiger partial charge in [-0.25, -0.2) is 9.78 Å². The fourth-order valence-corrected chi connectivity index (χ4v) is 5.38. The zero-order valence-electron chi connectivity index (χ0n) is 14.0. The van der Waals surface area contributed by atoms with E-state index in [0.29, 0.717) is 9.94 Å². The average molecular weight is 399 g/mol. The average Bonchev–Trinajstić information content (AvgIpc) is 3.42. The predicted octanol–water partition coefficient (Wildman–Crippen LogP) is 3.33. The first-order valence-electron chi connectivity index (χ1n) is 8.47. The molecule has 2 aliphatic heterocycles. The second-order valence-electron chi connectivity index (χ2n) is 6.30. The number of carbonyl (C=O) groups excluding carboxylic acids is 3. The maximum Gasteiger partial charge on any atom is 0.373 e. The number of nitrogens with zero attached hydrogens (tertiary/aromatic N) is 3. The van der Waals surface area contributed by atoms with E-state index >= 15 is 0 Å². The summed E-state index contributed by atoms with van der Waals surface area (Å²) < 4.78 is 0.899. The number of anilines is 1. The highest BCUT2D eigenvalue weighted by atomic mass is 32.1. The van der Waals surface area contributed by atoms with E-state index in [1.54, 1.807) is 18.2 Å². The molecule has 1 aromatic carbocycles. The Bertz CT molecular complexity index is 1030. The predicted molar refractivity (Wildman–Crippen MR) is 101 cm³/mol. The molecule has 9 heteroatoms. The molecule has 5 rings (SSSR count). The molecule has 2 aliphatic rings. The van der Waals surface area contributed by atoms with Gasteiger partial charge in [-0.2, -0.15) is 0 Å². The molecule has 2 aromatic heterocycles. The van der Waals surface area contributed by atoms with Gasteiger partial charge < -0.3 is 9.74 Å². The van der Waals surface area contributed by atoms with Crippen molar-refractivity contribution in [1.29, 1.82) is 0 Å². The van der Waals surface area contributed by atoms with Crippen molar-refractivity contribution in [3.8, 4) is 0 Å². The highest BCUT2D eigenvalue weighted by Gasteiger charge is 2.39. The number of carbonyl (C=O) groups is 3. The van der Waals surface area contributed by atoms with Gasteiger partial charge in [0, 0.05) is 13.1 Å². The van der Waals surface area contributed by atoms with Crippen LogP contribution in [0.2, 0.25) is 0 Å². The Balaban J connectivity index is 1.36. The first-order valence-corrected chi connectivity index (χ1v) is 10.1. The molecule has 0 aliphatic carbocycles. The fraction of sp³-hybridized carbons (Fsp3) is 0.222. The van der Waals surface area contributed by atoms with Crippen molar-refractivity contribution in [2.45, 2.75) is 12.8 Å². The molecule has 0 saturated carbocycles. The minimum absolute atomic E-state index is 0.236. The number of rotatable bonds is 3. The van der Waals surface area contributed by atoms with E-state index < -0.39 is 17.8 Å². The number of thiophene rings is 1. The standard InChI is InChI=1S/C18H13N3O4S2/c22-15-10-5-1-2-6-11(10)16(23)21(15)25-17(24)13-9-12-14(26-13)19-18(27-12)20-7-3-4-8-20/h1-2,5-6,9H,3-4,7-8H2. The van der Waals surface area contributed by atoms with Gasteiger partial charge in [0.2, 0.25) is 0 Å². The van der Waals surface area contributed by atoms with Crippen molar-refractivity contribution >= 4 is 55.1 Å². The summed E-state index contributed by atoms with van der Waals surface area (Å²) in [6.07, 6.45) is 2.34. The molecule has 0 bridgehead atoms. The summed E-state index contributed by atoms with van der Waals surface area (Å²) in [6.45, 7) is 2.02. The summed E-state index contributed by atoms with van der Waals surface area (Å²) in [5, 5.41) is 1.50. The fourth-order valence-electron chi connectivity index (χ4n) is 3.25. The molecule has 1 saturated heterocycles. The third-order valence-corrected chi connectivity index (χ3v) is 6.79. The Morgan fingerprint density at radius 2 is 1.70 bits per heavy atom. The minimum atomic E-state index is -0.734. The van der Waals surface area contributed by atoms with Gasteiger partial charge in [0.15, 0.2) is 5.13 Å². The lowest BCUT2D eigenvalue weighted by Crippen LogP contribution is -2.32. The lowest BCUT2D eigenvalue weighted by molar-refractivity contribution is -0.0581. The van der Waals surface area contributed by atoms with Crippen LogP contribution in [-0.2, 0) is 4.84 Å². The summed E-state index contributed by atoms with van der Waals surface area (Å²) in [5.74, 6) is -1.99. The second-order valence-corrected chi connectivity index (χ2v) is 8.34. The van der Waals surface area contributed by atoms with Crippen LogP contribution in [0.1, 0.15) is 43.2 Å². The Morgan fingerprint density at radius 3 is 2.33 bits per heavy atom. The summed E-state index contributed by atoms with van der Waals surface area (Å²) in [7, 11) is 0. The van der Waals surface area contributed by atoms with Crippen molar-refractivity contribution < 1.29 is 19.2 Å². The SMILES string of the molecule is O=C(ON1C(=O)c2ccccc2C1=O)c1cc2sc(N3CCCC3)nc2s1. The molecule has 0 atom stereocenters. The van der Waals surface area contributed by atoms with Crippen molar-refractivity contribution in [3.05, 3.63) is 46.3 Å². The monoisotopic (exact) mass is 399 g/mol. The van der Waals surface area contributed by atoms with E-state index in [2.05, 4.69) is 9.88 Å². The molecule has 0 spiro atoms. The van der Waals surface area contributed by atoms with Crippen molar-refractivity contribution in [2.24, 2.45) is 0 Å². The summed E-state index contributed by atoms with van der Waals surface area (Å²) >= 11 is 2.74. The maximum atomic E-state index is 12.5. The van der Waals surface area contributed by atoms with Crippen LogP contribution < -0.4 is 4.90 Å². The second kappa shape index (κ2) is 6.14. The zero-order valence-corrected chi connectivity index (χ0v) is 15.6. The van der Waals surface area contributed by atoms with Crippen LogP contribution in [0.5, 0.6) is 0 Å². The molecule has 0 N–H and O–H groups in total. The molecule has 136 valence electrons. The summed E-state index contributed by atoms with van der Waals surface area (Å²) in [4.78, 5) is 50.1. The number of imide groups is 1. The number of hydrogen-bond acceptors (Lipinski definition) is 8. The van der Waals surface area contributed by atoms with E-state index in [1.165, 1.54) is 47.6 Å². The van der Waals surface area contributed by atoms with E-state index in [9.17, 15) is 14.4 Å². The molecule has 0 unspecified atom stereocenters. The van der Waals surface area contributed by atoms with Crippen LogP contribution >= 0.6 is 22.7 Å². The van der Waals surface area contributed by atoms with Gasteiger partial charge >= 0.3 is 5.97 Å². The van der Waals surface area contributed by atoms with Gasteiger partial charge in [0.25, 0.3) is 11.8 Å². The lowest BCUT2D eigenvalue weighted by Gasteiger charge is -2.12. The highest BCUT2D eigenvalue weighted by molar-refractivity contribution is 7.29. The molecule has 4 heterocycles. The number of hydroxylamine groups is 2. The van der Waals surface area contributed by atoms with Crippen LogP contribution in [0.4, 0.5) is 5.13 Å². The Labute approximate surface area is 161 Å². The first-order chi connectivity index (χ1) is 13.1. The number of thiazole rings is 1. The summed E-state index contributed by atoms with van der Waals surface area (Å²) in [6, 6.07) is 8.10. The number of benzene rings is 1. The molecule has 3 aromatic rings. The lowest BCUT2D eigenvalue weighted by atomic mass is 10.1. The third-order valence-electron chi connectivity index (χ3n) is 4.59. The molecule has 7 nitrogen and oxygen atoms in total. The largest absolute Gasteiger partial charge is 0.373 e. The highest BCUT2D eigenvalue weighted by Crippen LogP contribution is 2.36. The van der Waals surface area contributed by atoms with Gasteiger partial charge in [-0.1, -0.05) is 28.5 Å². The molecule has 2 amide bonds. The molecule has 0 radical (unpaired) electrons. The van der Waals surface area contributed by atoms with E-state index in [0.717, 1.165) is 27.8 Å². The van der Waals surface area contributed by atoms with Crippen LogP contribution in [0.25, 0.3) is 9.53 Å². The Hall–Kier alpha value is -2.78. The minimum Gasteiger partial charge on any atom is -0.348 e. The smallest absolute Gasteiger partial charge is 0.348 e. The normalized spacial score (nSPS) is 16.4. The van der Waals surface area contributed by atoms with E-state index in [4.69, 9.17) is 4.84 Å². The van der Waals surface area contributed by atoms with Crippen molar-refractivity contribution in [1.82, 2.24) is 10.0 Å². The van der Waals surface area contributed by atoms with Crippen LogP contribution in [-0.4, -0.2) is 40.9 Å². The number of hydrogen-bond donors (Lipinski definition) is 0. The molecular weight excluding hydrogens is 386 g/mol. The number of fused-ring (bicyclic) bond motifs is 2. The van der Waals surface area contributed by atoms with Gasteiger partial charge in [0.1, 0.15) is 9.71 Å². The van der Waals surface area contributed by atoms with Gasteiger partial charge in [-0.05, 0) is 31.0 Å². The Kier molecular flexibility index (Phi) is 3.73. The van der Waals surface area contributed by atoms with Crippen molar-refractivity contribution in [2.75, 3.05) is 18.0 Å². The van der Waals surface area contributed by atoms with E-state index in [-0.39, 0.29) is 11.1 Å². The maximum absolute atomic E-state index is 12.5. The van der Waals surface area contributed by atoms with Gasteiger partial charge in [-0.3, -0.25) is 9.59 Å². The van der Waals surface area contributed by atoms with Crippen molar-refractivity contribution in [3.63, 3.8) is 0 Å². The molecule has 1 fully saturated rings. The quantitative estimate of drug-likeness (QED) is 0.629. The molecule has 27 heavy (non-hydrogen) atoms. The van der Waals surface area contributed by atoms with Crippen LogP contribution in [0.15, 0.2) is 30.3 Å². The molecular formula is C18H13N3O4S2. The zero-order chi connectivity index (χ0) is 18.5. The topological polar surface area (TPSA) is 79.8 Å². The van der Waals surface area contributed by atoms with Gasteiger partial charge in [-0.15, -0.1) is 11.3 Å². The Morgan fingerprint density at radius 1 is 1.04 bits per heavy atom. The third kappa shape index (κ3) is 2.62. The summed E-state index contributed by atoms with van der Waals surface area (Å²) in [5.41, 5.74) is 0.471. The van der Waals surface area contributed by atoms with Gasteiger partial charge in [0.05, 0.1) is 15.8 Å².